The van der Waals surface area contributed by atoms with Crippen LogP contribution in [0.25, 0.3) is 11.2 Å². The van der Waals surface area contributed by atoms with Crippen molar-refractivity contribution < 1.29 is 5.11 Å². The van der Waals surface area contributed by atoms with Gasteiger partial charge >= 0.3 is 5.69 Å². The summed E-state index contributed by atoms with van der Waals surface area (Å²) in [5.74, 6) is 1.34. The van der Waals surface area contributed by atoms with Crippen molar-refractivity contribution in [2.75, 3.05) is 39.3 Å². The summed E-state index contributed by atoms with van der Waals surface area (Å²) in [5, 5.41) is 9.11. The summed E-state index contributed by atoms with van der Waals surface area (Å²) < 4.78 is 4.63. The van der Waals surface area contributed by atoms with Crippen LogP contribution in [0.2, 0.25) is 0 Å². The van der Waals surface area contributed by atoms with Crippen molar-refractivity contribution >= 4 is 11.2 Å². The second kappa shape index (κ2) is 8.59. The second-order valence-corrected chi connectivity index (χ2v) is 8.08. The van der Waals surface area contributed by atoms with E-state index >= 15 is 0 Å². The van der Waals surface area contributed by atoms with E-state index in [2.05, 4.69) is 23.6 Å². The molecular weight excluding hydrogens is 360 g/mol. The number of hydrogen-bond donors (Lipinski definition) is 1. The lowest BCUT2D eigenvalue weighted by molar-refractivity contribution is 0.106. The number of aliphatic hydroxyl groups excluding tert-OH is 1. The van der Waals surface area contributed by atoms with E-state index in [4.69, 9.17) is 10.1 Å². The maximum absolute atomic E-state index is 12.8. The molecule has 0 atom stereocenters. The minimum absolute atomic E-state index is 0.183. The van der Waals surface area contributed by atoms with Crippen LogP contribution >= 0.6 is 0 Å². The molecule has 1 fully saturated rings. The summed E-state index contributed by atoms with van der Waals surface area (Å²) in [4.78, 5) is 34.4. The molecule has 0 spiro atoms. The number of fused-ring (bicyclic) bond motifs is 1. The Morgan fingerprint density at radius 3 is 2.25 bits per heavy atom. The molecule has 0 aromatic carbocycles. The fourth-order valence-corrected chi connectivity index (χ4v) is 3.75. The third kappa shape index (κ3) is 4.06. The number of piperazine rings is 1. The average molecular weight is 393 g/mol. The molecule has 0 saturated carbocycles. The van der Waals surface area contributed by atoms with Gasteiger partial charge in [-0.1, -0.05) is 13.8 Å². The Balaban J connectivity index is 1.96. The first kappa shape index (κ1) is 20.8. The van der Waals surface area contributed by atoms with Crippen molar-refractivity contribution in [2.45, 2.75) is 33.4 Å². The van der Waals surface area contributed by atoms with Gasteiger partial charge in [-0.2, -0.15) is 0 Å². The van der Waals surface area contributed by atoms with Crippen molar-refractivity contribution in [3.05, 3.63) is 26.7 Å². The van der Waals surface area contributed by atoms with E-state index in [1.165, 1.54) is 11.6 Å². The van der Waals surface area contributed by atoms with Gasteiger partial charge in [-0.05, 0) is 12.3 Å². The van der Waals surface area contributed by atoms with E-state index in [9.17, 15) is 9.59 Å². The van der Waals surface area contributed by atoms with Crippen LogP contribution in [0.15, 0.2) is 9.59 Å². The van der Waals surface area contributed by atoms with Crippen LogP contribution in [0, 0.1) is 5.92 Å². The van der Waals surface area contributed by atoms with Gasteiger partial charge in [0.1, 0.15) is 5.82 Å². The molecule has 2 aromatic rings. The Morgan fingerprint density at radius 1 is 1.00 bits per heavy atom. The first-order valence-corrected chi connectivity index (χ1v) is 10.0. The van der Waals surface area contributed by atoms with Gasteiger partial charge in [-0.15, -0.1) is 0 Å². The molecule has 3 heterocycles. The summed E-state index contributed by atoms with van der Waals surface area (Å²) in [6.45, 7) is 10.2. The Morgan fingerprint density at radius 2 is 1.64 bits per heavy atom. The molecule has 0 unspecified atom stereocenters. The minimum Gasteiger partial charge on any atom is -0.395 e. The average Bonchev–Trinajstić information content (AvgIpc) is 3.03. The SMILES string of the molecule is CC(C)CCn1c(CN2CCN(CCO)CC2)nc2c1c(=O)n(C)c(=O)n2C. The summed E-state index contributed by atoms with van der Waals surface area (Å²) in [6, 6.07) is 0. The lowest BCUT2D eigenvalue weighted by atomic mass is 10.1. The van der Waals surface area contributed by atoms with Crippen molar-refractivity contribution in [2.24, 2.45) is 20.0 Å². The van der Waals surface area contributed by atoms with Crippen molar-refractivity contribution in [3.63, 3.8) is 0 Å². The highest BCUT2D eigenvalue weighted by molar-refractivity contribution is 5.71. The molecule has 1 saturated heterocycles. The summed E-state index contributed by atoms with van der Waals surface area (Å²) in [7, 11) is 3.19. The fourth-order valence-electron chi connectivity index (χ4n) is 3.75. The van der Waals surface area contributed by atoms with Gasteiger partial charge in [-0.3, -0.25) is 23.7 Å². The minimum atomic E-state index is -0.352. The number of rotatable bonds is 7. The zero-order chi connectivity index (χ0) is 20.4. The van der Waals surface area contributed by atoms with Crippen LogP contribution in [0.3, 0.4) is 0 Å². The lowest BCUT2D eigenvalue weighted by Crippen LogP contribution is -2.46. The molecule has 9 heteroatoms. The predicted octanol–water partition coefficient (Wildman–Crippen LogP) is -0.410. The maximum atomic E-state index is 12.8. The molecule has 0 bridgehead atoms. The third-order valence-electron chi connectivity index (χ3n) is 5.60. The number of imidazole rings is 1. The molecule has 2 aromatic heterocycles. The van der Waals surface area contributed by atoms with Crippen LogP contribution in [0.4, 0.5) is 0 Å². The third-order valence-corrected chi connectivity index (χ3v) is 5.60. The highest BCUT2D eigenvalue weighted by Gasteiger charge is 2.22. The van der Waals surface area contributed by atoms with E-state index < -0.39 is 0 Å². The molecule has 0 radical (unpaired) electrons. The zero-order valence-corrected chi connectivity index (χ0v) is 17.4. The van der Waals surface area contributed by atoms with Crippen LogP contribution in [0.1, 0.15) is 26.1 Å². The quantitative estimate of drug-likeness (QED) is 0.689. The van der Waals surface area contributed by atoms with Gasteiger partial charge in [0.15, 0.2) is 11.2 Å². The van der Waals surface area contributed by atoms with Crippen LogP contribution in [0.5, 0.6) is 0 Å². The Labute approximate surface area is 164 Å². The lowest BCUT2D eigenvalue weighted by Gasteiger charge is -2.34. The molecule has 1 aliphatic rings. The zero-order valence-electron chi connectivity index (χ0n) is 17.4. The monoisotopic (exact) mass is 392 g/mol. The highest BCUT2D eigenvalue weighted by atomic mass is 16.3. The molecular formula is C19H32N6O3. The van der Waals surface area contributed by atoms with Crippen molar-refractivity contribution in [1.29, 1.82) is 0 Å². The van der Waals surface area contributed by atoms with Crippen LogP contribution in [-0.4, -0.2) is 72.9 Å². The molecule has 9 nitrogen and oxygen atoms in total. The van der Waals surface area contributed by atoms with Gasteiger partial charge in [-0.25, -0.2) is 9.78 Å². The molecule has 3 rings (SSSR count). The van der Waals surface area contributed by atoms with Crippen LogP contribution < -0.4 is 11.2 Å². The normalized spacial score (nSPS) is 16.5. The molecule has 1 aliphatic heterocycles. The largest absolute Gasteiger partial charge is 0.395 e. The predicted molar refractivity (Wildman–Crippen MR) is 108 cm³/mol. The number of β-amino-alcohol motifs (C(OH)–C–C–N with tert-alkyl or cyclic N) is 1. The first-order chi connectivity index (χ1) is 13.3. The number of aryl methyl sites for hydroxylation is 2. The number of aromatic nitrogens is 4. The maximum Gasteiger partial charge on any atom is 0.332 e. The Bertz CT molecular complexity index is 934. The molecule has 0 amide bonds. The van der Waals surface area contributed by atoms with E-state index in [1.807, 2.05) is 4.57 Å². The van der Waals surface area contributed by atoms with Gasteiger partial charge in [0.2, 0.25) is 0 Å². The summed E-state index contributed by atoms with van der Waals surface area (Å²) >= 11 is 0. The first-order valence-electron chi connectivity index (χ1n) is 10.0. The summed E-state index contributed by atoms with van der Waals surface area (Å²) in [6.07, 6.45) is 0.939. The standard InChI is InChI=1S/C19H32N6O3/c1-14(2)5-6-25-15(13-24-9-7-23(8-10-24)11-12-26)20-17-16(25)18(27)22(4)19(28)21(17)3/h14,26H,5-13H2,1-4H3. The summed E-state index contributed by atoms with van der Waals surface area (Å²) in [5.41, 5.74) is 0.341. The van der Waals surface area contributed by atoms with E-state index in [1.54, 1.807) is 7.05 Å². The van der Waals surface area contributed by atoms with E-state index in [0.717, 1.165) is 43.0 Å². The topological polar surface area (TPSA) is 88.5 Å². The highest BCUT2D eigenvalue weighted by Crippen LogP contribution is 2.16. The van der Waals surface area contributed by atoms with Gasteiger partial charge in [0.25, 0.3) is 5.56 Å². The fraction of sp³-hybridized carbons (Fsp3) is 0.737. The van der Waals surface area contributed by atoms with Crippen LogP contribution in [-0.2, 0) is 27.2 Å². The van der Waals surface area contributed by atoms with Gasteiger partial charge in [0.05, 0.1) is 13.2 Å². The van der Waals surface area contributed by atoms with Crippen molar-refractivity contribution in [1.82, 2.24) is 28.5 Å². The Kier molecular flexibility index (Phi) is 6.36. The Hall–Kier alpha value is -1.97. The molecule has 1 N–H and O–H groups in total. The molecule has 0 aliphatic carbocycles. The molecule has 156 valence electrons. The van der Waals surface area contributed by atoms with Gasteiger partial charge < -0.3 is 9.67 Å². The number of hydrogen-bond acceptors (Lipinski definition) is 6. The van der Waals surface area contributed by atoms with Gasteiger partial charge in [0, 0.05) is 53.4 Å². The van der Waals surface area contributed by atoms with Crippen molar-refractivity contribution in [3.8, 4) is 0 Å². The number of nitrogens with zero attached hydrogens (tertiary/aromatic N) is 6. The smallest absolute Gasteiger partial charge is 0.332 e. The molecule has 28 heavy (non-hydrogen) atoms. The van der Waals surface area contributed by atoms with E-state index in [0.29, 0.717) is 36.7 Å². The number of aliphatic hydroxyl groups is 1. The second-order valence-electron chi connectivity index (χ2n) is 8.08. The van der Waals surface area contributed by atoms with E-state index in [-0.39, 0.29) is 17.9 Å².